The van der Waals surface area contributed by atoms with Crippen molar-refractivity contribution in [2.45, 2.75) is 25.3 Å². The first kappa shape index (κ1) is 14.4. The second-order valence-electron chi connectivity index (χ2n) is 5.05. The van der Waals surface area contributed by atoms with Gasteiger partial charge in [-0.1, -0.05) is 23.2 Å². The fourth-order valence-corrected chi connectivity index (χ4v) is 3.28. The third kappa shape index (κ3) is 2.52. The SMILES string of the molecule is NC1CCCc2c1c(C(=O)O)nn2-c1cc(Cl)cc(Cl)c1. The number of nitrogens with zero attached hydrogens (tertiary/aromatic N) is 2. The first-order valence-electron chi connectivity index (χ1n) is 6.54. The van der Waals surface area contributed by atoms with Crippen molar-refractivity contribution in [2.24, 2.45) is 5.73 Å². The zero-order valence-electron chi connectivity index (χ0n) is 11.0. The van der Waals surface area contributed by atoms with E-state index in [4.69, 9.17) is 28.9 Å². The van der Waals surface area contributed by atoms with Gasteiger partial charge in [-0.25, -0.2) is 9.48 Å². The molecule has 3 rings (SSSR count). The maximum atomic E-state index is 11.4. The molecule has 1 aromatic carbocycles. The smallest absolute Gasteiger partial charge is 0.356 e. The predicted molar refractivity (Wildman–Crippen MR) is 80.4 cm³/mol. The molecule has 0 radical (unpaired) electrons. The highest BCUT2D eigenvalue weighted by Crippen LogP contribution is 2.33. The maximum absolute atomic E-state index is 11.4. The van der Waals surface area contributed by atoms with Crippen molar-refractivity contribution in [2.75, 3.05) is 0 Å². The number of carboxylic acid groups (broad SMARTS) is 1. The standard InChI is InChI=1S/C14H13Cl2N3O2/c15-7-4-8(16)6-9(5-7)19-11-3-1-2-10(17)12(11)13(18-19)14(20)21/h4-6,10H,1-3,17H2,(H,20,21). The van der Waals surface area contributed by atoms with Crippen LogP contribution in [0.1, 0.15) is 40.6 Å². The second-order valence-corrected chi connectivity index (χ2v) is 5.93. The van der Waals surface area contributed by atoms with E-state index in [0.29, 0.717) is 21.3 Å². The summed E-state index contributed by atoms with van der Waals surface area (Å²) in [6.07, 6.45) is 2.38. The highest BCUT2D eigenvalue weighted by atomic mass is 35.5. The molecule has 1 heterocycles. The number of carbonyl (C=O) groups is 1. The summed E-state index contributed by atoms with van der Waals surface area (Å²) in [6, 6.07) is 4.72. The predicted octanol–water partition coefficient (Wildman–Crippen LogP) is 3.21. The van der Waals surface area contributed by atoms with Crippen molar-refractivity contribution in [3.05, 3.63) is 45.2 Å². The first-order valence-corrected chi connectivity index (χ1v) is 7.30. The van der Waals surface area contributed by atoms with Gasteiger partial charge in [-0.05, 0) is 37.5 Å². The molecule has 21 heavy (non-hydrogen) atoms. The Morgan fingerprint density at radius 2 is 2.00 bits per heavy atom. The molecule has 7 heteroatoms. The molecule has 0 spiro atoms. The topological polar surface area (TPSA) is 81.1 Å². The van der Waals surface area contributed by atoms with Crippen molar-refractivity contribution in [1.29, 1.82) is 0 Å². The largest absolute Gasteiger partial charge is 0.476 e. The highest BCUT2D eigenvalue weighted by molar-refractivity contribution is 6.34. The average Bonchev–Trinajstić information content (AvgIpc) is 2.78. The van der Waals surface area contributed by atoms with E-state index in [9.17, 15) is 9.90 Å². The molecule has 5 nitrogen and oxygen atoms in total. The number of rotatable bonds is 2. The summed E-state index contributed by atoms with van der Waals surface area (Å²) in [6.45, 7) is 0. The number of hydrogen-bond donors (Lipinski definition) is 2. The molecule has 3 N–H and O–H groups in total. The van der Waals surface area contributed by atoms with Gasteiger partial charge < -0.3 is 10.8 Å². The molecule has 2 aromatic rings. The van der Waals surface area contributed by atoms with Gasteiger partial charge in [0.15, 0.2) is 5.69 Å². The molecule has 0 aliphatic heterocycles. The molecule has 110 valence electrons. The fourth-order valence-electron chi connectivity index (χ4n) is 2.76. The van der Waals surface area contributed by atoms with Crippen molar-refractivity contribution in [1.82, 2.24) is 9.78 Å². The molecule has 0 saturated carbocycles. The summed E-state index contributed by atoms with van der Waals surface area (Å²) >= 11 is 12.0. The molecule has 0 amide bonds. The number of aromatic nitrogens is 2. The summed E-state index contributed by atoms with van der Waals surface area (Å²) in [5.41, 5.74) is 8.16. The third-order valence-electron chi connectivity index (χ3n) is 3.62. The van der Waals surface area contributed by atoms with E-state index in [-0.39, 0.29) is 11.7 Å². The van der Waals surface area contributed by atoms with Crippen molar-refractivity contribution in [3.63, 3.8) is 0 Å². The molecule has 0 saturated heterocycles. The van der Waals surface area contributed by atoms with Gasteiger partial charge in [0.2, 0.25) is 0 Å². The van der Waals surface area contributed by atoms with Crippen LogP contribution in [0.25, 0.3) is 5.69 Å². The quantitative estimate of drug-likeness (QED) is 0.888. The summed E-state index contributed by atoms with van der Waals surface area (Å²) in [4.78, 5) is 11.4. The van der Waals surface area contributed by atoms with Crippen LogP contribution in [0.15, 0.2) is 18.2 Å². The van der Waals surface area contributed by atoms with Crippen molar-refractivity contribution < 1.29 is 9.90 Å². The van der Waals surface area contributed by atoms with E-state index < -0.39 is 5.97 Å². The molecule has 1 atom stereocenters. The number of halogens is 2. The first-order chi connectivity index (χ1) is 9.97. The summed E-state index contributed by atoms with van der Waals surface area (Å²) in [5, 5.41) is 14.5. The zero-order chi connectivity index (χ0) is 15.1. The molecule has 0 fully saturated rings. The van der Waals surface area contributed by atoms with Gasteiger partial charge in [0.1, 0.15) is 0 Å². The Hall–Kier alpha value is -1.56. The van der Waals surface area contributed by atoms with Gasteiger partial charge >= 0.3 is 5.97 Å². The van der Waals surface area contributed by atoms with Crippen LogP contribution in [0, 0.1) is 0 Å². The van der Waals surface area contributed by atoms with E-state index in [2.05, 4.69) is 5.10 Å². The Kier molecular flexibility index (Phi) is 3.65. The minimum absolute atomic E-state index is 0.00768. The number of benzene rings is 1. The lowest BCUT2D eigenvalue weighted by molar-refractivity contribution is 0.0688. The van der Waals surface area contributed by atoms with Gasteiger partial charge in [0.25, 0.3) is 0 Å². The van der Waals surface area contributed by atoms with Gasteiger partial charge in [0, 0.05) is 27.3 Å². The lowest BCUT2D eigenvalue weighted by Gasteiger charge is -2.20. The number of nitrogens with two attached hydrogens (primary N) is 1. The molecule has 1 unspecified atom stereocenters. The molecular weight excluding hydrogens is 313 g/mol. The summed E-state index contributed by atoms with van der Waals surface area (Å²) in [7, 11) is 0. The highest BCUT2D eigenvalue weighted by Gasteiger charge is 2.30. The number of carboxylic acids is 1. The Morgan fingerprint density at radius 1 is 1.33 bits per heavy atom. The number of hydrogen-bond acceptors (Lipinski definition) is 3. The normalized spacial score (nSPS) is 17.6. The van der Waals surface area contributed by atoms with Gasteiger partial charge in [-0.15, -0.1) is 0 Å². The summed E-state index contributed by atoms with van der Waals surface area (Å²) in [5.74, 6) is -1.07. The molecular formula is C14H13Cl2N3O2. The zero-order valence-corrected chi connectivity index (χ0v) is 12.5. The van der Waals surface area contributed by atoms with E-state index >= 15 is 0 Å². The van der Waals surface area contributed by atoms with Crippen LogP contribution in [0.2, 0.25) is 10.0 Å². The van der Waals surface area contributed by atoms with Gasteiger partial charge in [-0.2, -0.15) is 5.10 Å². The van der Waals surface area contributed by atoms with E-state index in [0.717, 1.165) is 25.0 Å². The van der Waals surface area contributed by atoms with Gasteiger partial charge in [-0.3, -0.25) is 0 Å². The van der Waals surface area contributed by atoms with Crippen LogP contribution in [-0.4, -0.2) is 20.9 Å². The fraction of sp³-hybridized carbons (Fsp3) is 0.286. The van der Waals surface area contributed by atoms with Crippen LogP contribution >= 0.6 is 23.2 Å². The monoisotopic (exact) mass is 325 g/mol. The lowest BCUT2D eigenvalue weighted by atomic mass is 9.91. The Balaban J connectivity index is 2.24. The average molecular weight is 326 g/mol. The molecule has 1 aliphatic rings. The molecule has 1 aromatic heterocycles. The van der Waals surface area contributed by atoms with E-state index in [1.165, 1.54) is 0 Å². The maximum Gasteiger partial charge on any atom is 0.356 e. The van der Waals surface area contributed by atoms with Crippen LogP contribution < -0.4 is 5.73 Å². The third-order valence-corrected chi connectivity index (χ3v) is 4.05. The van der Waals surface area contributed by atoms with Crippen LogP contribution in [-0.2, 0) is 6.42 Å². The molecule has 1 aliphatic carbocycles. The Bertz CT molecular complexity index is 707. The second kappa shape index (κ2) is 5.33. The van der Waals surface area contributed by atoms with Crippen molar-refractivity contribution in [3.8, 4) is 5.69 Å². The lowest BCUT2D eigenvalue weighted by Crippen LogP contribution is -2.20. The minimum atomic E-state index is -1.07. The van der Waals surface area contributed by atoms with Crippen LogP contribution in [0.3, 0.4) is 0 Å². The molecule has 0 bridgehead atoms. The van der Waals surface area contributed by atoms with Crippen LogP contribution in [0.4, 0.5) is 0 Å². The number of aromatic carboxylic acids is 1. The minimum Gasteiger partial charge on any atom is -0.476 e. The Labute approximate surface area is 131 Å². The summed E-state index contributed by atoms with van der Waals surface area (Å²) < 4.78 is 1.59. The van der Waals surface area contributed by atoms with Gasteiger partial charge in [0.05, 0.1) is 5.69 Å². The Morgan fingerprint density at radius 3 is 2.62 bits per heavy atom. The van der Waals surface area contributed by atoms with Crippen molar-refractivity contribution >= 4 is 29.2 Å². The van der Waals surface area contributed by atoms with E-state index in [1.54, 1.807) is 22.9 Å². The number of fused-ring (bicyclic) bond motifs is 1. The van der Waals surface area contributed by atoms with E-state index in [1.807, 2.05) is 0 Å². The van der Waals surface area contributed by atoms with Crippen LogP contribution in [0.5, 0.6) is 0 Å².